The standard InChI is InChI=1S/C16H26N2O2/c1-11(2)7-15(17)16(19)18-5-6-20-14-9-12(3)8-13(4)10-14/h8-11,15H,5-7,17H2,1-4H3,(H,18,19)/t15-/m0/s1. The number of benzene rings is 1. The number of hydrogen-bond donors (Lipinski definition) is 2. The molecular formula is C16H26N2O2. The number of nitrogens with two attached hydrogens (primary N) is 1. The lowest BCUT2D eigenvalue weighted by molar-refractivity contribution is -0.122. The third kappa shape index (κ3) is 6.06. The summed E-state index contributed by atoms with van der Waals surface area (Å²) in [5.74, 6) is 1.15. The van der Waals surface area contributed by atoms with Crippen molar-refractivity contribution in [2.24, 2.45) is 11.7 Å². The Balaban J connectivity index is 2.29. The van der Waals surface area contributed by atoms with E-state index >= 15 is 0 Å². The Morgan fingerprint density at radius 1 is 1.25 bits per heavy atom. The van der Waals surface area contributed by atoms with Gasteiger partial charge < -0.3 is 15.8 Å². The molecule has 1 aromatic carbocycles. The zero-order valence-corrected chi connectivity index (χ0v) is 12.9. The van der Waals surface area contributed by atoms with Crippen LogP contribution in [0.3, 0.4) is 0 Å². The van der Waals surface area contributed by atoms with Crippen molar-refractivity contribution in [1.29, 1.82) is 0 Å². The number of nitrogens with one attached hydrogen (secondary N) is 1. The summed E-state index contributed by atoms with van der Waals surface area (Å²) >= 11 is 0. The highest BCUT2D eigenvalue weighted by Gasteiger charge is 2.13. The molecule has 3 N–H and O–H groups in total. The van der Waals surface area contributed by atoms with Gasteiger partial charge in [-0.2, -0.15) is 0 Å². The van der Waals surface area contributed by atoms with Gasteiger partial charge >= 0.3 is 0 Å². The smallest absolute Gasteiger partial charge is 0.237 e. The van der Waals surface area contributed by atoms with Gasteiger partial charge in [0.05, 0.1) is 12.6 Å². The quantitative estimate of drug-likeness (QED) is 0.751. The molecule has 1 aromatic rings. The summed E-state index contributed by atoms with van der Waals surface area (Å²) in [6.07, 6.45) is 0.698. The van der Waals surface area contributed by atoms with Crippen LogP contribution in [-0.2, 0) is 4.79 Å². The molecule has 0 heterocycles. The fourth-order valence-electron chi connectivity index (χ4n) is 2.11. The van der Waals surface area contributed by atoms with E-state index < -0.39 is 6.04 Å². The molecule has 20 heavy (non-hydrogen) atoms. The van der Waals surface area contributed by atoms with Crippen LogP contribution >= 0.6 is 0 Å². The topological polar surface area (TPSA) is 64.3 Å². The van der Waals surface area contributed by atoms with Crippen molar-refractivity contribution in [3.8, 4) is 5.75 Å². The minimum absolute atomic E-state index is 0.109. The molecule has 1 rings (SSSR count). The SMILES string of the molecule is Cc1cc(C)cc(OCCNC(=O)[C@@H](N)CC(C)C)c1. The highest BCUT2D eigenvalue weighted by atomic mass is 16.5. The molecule has 0 spiro atoms. The maximum Gasteiger partial charge on any atom is 0.237 e. The number of rotatable bonds is 7. The lowest BCUT2D eigenvalue weighted by atomic mass is 10.0. The minimum Gasteiger partial charge on any atom is -0.492 e. The molecule has 0 aliphatic heterocycles. The first kappa shape index (κ1) is 16.5. The van der Waals surface area contributed by atoms with E-state index in [-0.39, 0.29) is 5.91 Å². The van der Waals surface area contributed by atoms with Crippen molar-refractivity contribution < 1.29 is 9.53 Å². The van der Waals surface area contributed by atoms with E-state index in [1.807, 2.05) is 26.0 Å². The predicted octanol–water partition coefficient (Wildman–Crippen LogP) is 2.17. The third-order valence-electron chi connectivity index (χ3n) is 2.93. The van der Waals surface area contributed by atoms with Crippen LogP contribution in [-0.4, -0.2) is 25.1 Å². The van der Waals surface area contributed by atoms with Gasteiger partial charge in [0.1, 0.15) is 12.4 Å². The highest BCUT2D eigenvalue weighted by molar-refractivity contribution is 5.81. The maximum absolute atomic E-state index is 11.7. The van der Waals surface area contributed by atoms with E-state index in [0.29, 0.717) is 25.5 Å². The summed E-state index contributed by atoms with van der Waals surface area (Å²) in [4.78, 5) is 11.7. The van der Waals surface area contributed by atoms with Crippen LogP contribution in [0.5, 0.6) is 5.75 Å². The Kier molecular flexibility index (Phi) is 6.52. The first-order valence-electron chi connectivity index (χ1n) is 7.13. The zero-order chi connectivity index (χ0) is 15.1. The number of ether oxygens (including phenoxy) is 1. The molecule has 0 unspecified atom stereocenters. The number of hydrogen-bond acceptors (Lipinski definition) is 3. The normalized spacial score (nSPS) is 12.3. The molecule has 0 aromatic heterocycles. The van der Waals surface area contributed by atoms with Crippen molar-refractivity contribution in [2.45, 2.75) is 40.2 Å². The number of carbonyl (C=O) groups excluding carboxylic acids is 1. The lowest BCUT2D eigenvalue weighted by Crippen LogP contribution is -2.42. The van der Waals surface area contributed by atoms with Crippen LogP contribution in [0.15, 0.2) is 18.2 Å². The van der Waals surface area contributed by atoms with Gasteiger partial charge in [-0.3, -0.25) is 4.79 Å². The summed E-state index contributed by atoms with van der Waals surface area (Å²) in [6, 6.07) is 5.63. The fourth-order valence-corrected chi connectivity index (χ4v) is 2.11. The van der Waals surface area contributed by atoms with Crippen LogP contribution in [0, 0.1) is 19.8 Å². The molecule has 0 fully saturated rings. The number of aryl methyl sites for hydroxylation is 2. The summed E-state index contributed by atoms with van der Waals surface area (Å²) in [5, 5.41) is 2.80. The average Bonchev–Trinajstić information content (AvgIpc) is 2.32. The molecule has 1 amide bonds. The van der Waals surface area contributed by atoms with E-state index in [1.54, 1.807) is 0 Å². The maximum atomic E-state index is 11.7. The highest BCUT2D eigenvalue weighted by Crippen LogP contribution is 2.15. The van der Waals surface area contributed by atoms with Gasteiger partial charge in [-0.1, -0.05) is 19.9 Å². The Morgan fingerprint density at radius 3 is 2.40 bits per heavy atom. The Morgan fingerprint density at radius 2 is 1.85 bits per heavy atom. The Bertz CT molecular complexity index is 424. The molecule has 0 radical (unpaired) electrons. The summed E-state index contributed by atoms with van der Waals surface area (Å²) in [7, 11) is 0. The van der Waals surface area contributed by atoms with Gasteiger partial charge in [-0.15, -0.1) is 0 Å². The molecule has 0 saturated heterocycles. The molecule has 0 aliphatic rings. The van der Waals surface area contributed by atoms with Crippen molar-refractivity contribution >= 4 is 5.91 Å². The second kappa shape index (κ2) is 7.90. The van der Waals surface area contributed by atoms with Crippen LogP contribution < -0.4 is 15.8 Å². The van der Waals surface area contributed by atoms with Gasteiger partial charge in [-0.05, 0) is 49.4 Å². The number of amides is 1. The first-order valence-corrected chi connectivity index (χ1v) is 7.13. The van der Waals surface area contributed by atoms with Crippen LogP contribution in [0.2, 0.25) is 0 Å². The van der Waals surface area contributed by atoms with Gasteiger partial charge in [0, 0.05) is 0 Å². The molecule has 0 saturated carbocycles. The van der Waals surface area contributed by atoms with Crippen molar-refractivity contribution in [3.05, 3.63) is 29.3 Å². The van der Waals surface area contributed by atoms with Crippen molar-refractivity contribution in [3.63, 3.8) is 0 Å². The number of carbonyl (C=O) groups is 1. The Labute approximate surface area is 121 Å². The van der Waals surface area contributed by atoms with Crippen molar-refractivity contribution in [2.75, 3.05) is 13.2 Å². The lowest BCUT2D eigenvalue weighted by Gasteiger charge is -2.14. The monoisotopic (exact) mass is 278 g/mol. The molecule has 0 bridgehead atoms. The van der Waals surface area contributed by atoms with Crippen molar-refractivity contribution in [1.82, 2.24) is 5.32 Å². The zero-order valence-electron chi connectivity index (χ0n) is 12.9. The first-order chi connectivity index (χ1) is 9.38. The molecule has 112 valence electrons. The molecule has 4 nitrogen and oxygen atoms in total. The Hall–Kier alpha value is -1.55. The second-order valence-corrected chi connectivity index (χ2v) is 5.70. The van der Waals surface area contributed by atoms with Gasteiger partial charge in [-0.25, -0.2) is 0 Å². The summed E-state index contributed by atoms with van der Waals surface area (Å²) < 4.78 is 5.62. The largest absolute Gasteiger partial charge is 0.492 e. The van der Waals surface area contributed by atoms with E-state index in [0.717, 1.165) is 5.75 Å². The van der Waals surface area contributed by atoms with Crippen LogP contribution in [0.25, 0.3) is 0 Å². The van der Waals surface area contributed by atoms with Crippen LogP contribution in [0.4, 0.5) is 0 Å². The van der Waals surface area contributed by atoms with Gasteiger partial charge in [0.2, 0.25) is 5.91 Å². The summed E-state index contributed by atoms with van der Waals surface area (Å²) in [6.45, 7) is 9.09. The van der Waals surface area contributed by atoms with Gasteiger partial charge in [0.25, 0.3) is 0 Å². The molecule has 0 aliphatic carbocycles. The second-order valence-electron chi connectivity index (χ2n) is 5.70. The van der Waals surface area contributed by atoms with Crippen LogP contribution in [0.1, 0.15) is 31.4 Å². The fraction of sp³-hybridized carbons (Fsp3) is 0.562. The molecular weight excluding hydrogens is 252 g/mol. The molecule has 1 atom stereocenters. The van der Waals surface area contributed by atoms with Gasteiger partial charge in [0.15, 0.2) is 0 Å². The average molecular weight is 278 g/mol. The summed E-state index contributed by atoms with van der Waals surface area (Å²) in [5.41, 5.74) is 8.14. The van der Waals surface area contributed by atoms with E-state index in [4.69, 9.17) is 10.5 Å². The molecule has 4 heteroatoms. The van der Waals surface area contributed by atoms with E-state index in [2.05, 4.69) is 25.2 Å². The predicted molar refractivity (Wildman–Crippen MR) is 81.9 cm³/mol. The third-order valence-corrected chi connectivity index (χ3v) is 2.93. The van der Waals surface area contributed by atoms with E-state index in [1.165, 1.54) is 11.1 Å². The minimum atomic E-state index is -0.434. The van der Waals surface area contributed by atoms with E-state index in [9.17, 15) is 4.79 Å².